The summed E-state index contributed by atoms with van der Waals surface area (Å²) < 4.78 is 0. The number of hydrogen-bond acceptors (Lipinski definition) is 2. The highest BCUT2D eigenvalue weighted by Gasteiger charge is 2.11. The van der Waals surface area contributed by atoms with Crippen molar-refractivity contribution in [2.45, 2.75) is 52.1 Å². The standard InChI is InChI=1S/C20H30N4O.HI/c1-3-5-14-22-19(25)17-12-10-16(11-13-17)15-23-20(21-4-2)24-18-8-6-7-9-18;/h6-7,10-13,18H,3-5,8-9,14-15H2,1-2H3,(H,22,25)(H2,21,23,24);1H. The third-order valence-corrected chi connectivity index (χ3v) is 4.14. The zero-order valence-electron chi connectivity index (χ0n) is 15.8. The van der Waals surface area contributed by atoms with Gasteiger partial charge in [-0.1, -0.05) is 37.6 Å². The van der Waals surface area contributed by atoms with E-state index in [4.69, 9.17) is 0 Å². The Morgan fingerprint density at radius 3 is 2.42 bits per heavy atom. The molecule has 0 unspecified atom stereocenters. The number of benzene rings is 1. The minimum Gasteiger partial charge on any atom is -0.357 e. The molecule has 0 saturated heterocycles. The average Bonchev–Trinajstić information content (AvgIpc) is 3.13. The number of guanidine groups is 1. The van der Waals surface area contributed by atoms with Crippen LogP contribution in [0.2, 0.25) is 0 Å². The maximum atomic E-state index is 12.0. The predicted molar refractivity (Wildman–Crippen MR) is 119 cm³/mol. The van der Waals surface area contributed by atoms with E-state index in [1.807, 2.05) is 24.3 Å². The second-order valence-corrected chi connectivity index (χ2v) is 6.29. The van der Waals surface area contributed by atoms with Gasteiger partial charge in [0.05, 0.1) is 6.54 Å². The van der Waals surface area contributed by atoms with Crippen LogP contribution >= 0.6 is 24.0 Å². The fraction of sp³-hybridized carbons (Fsp3) is 0.500. The summed E-state index contributed by atoms with van der Waals surface area (Å²) in [5.74, 6) is 0.838. The first-order valence-electron chi connectivity index (χ1n) is 9.30. The number of aliphatic imine (C=N–C) groups is 1. The molecule has 1 aromatic carbocycles. The predicted octanol–water partition coefficient (Wildman–Crippen LogP) is 3.61. The van der Waals surface area contributed by atoms with Crippen LogP contribution in [0.25, 0.3) is 0 Å². The summed E-state index contributed by atoms with van der Waals surface area (Å²) in [6, 6.07) is 8.12. The molecule has 6 heteroatoms. The summed E-state index contributed by atoms with van der Waals surface area (Å²) in [5, 5.41) is 9.68. The van der Waals surface area contributed by atoms with E-state index >= 15 is 0 Å². The molecule has 1 aliphatic carbocycles. The van der Waals surface area contributed by atoms with Gasteiger partial charge >= 0.3 is 0 Å². The average molecular weight is 470 g/mol. The first-order chi connectivity index (χ1) is 12.2. The number of nitrogens with one attached hydrogen (secondary N) is 3. The van der Waals surface area contributed by atoms with E-state index in [0.717, 1.165) is 50.3 Å². The smallest absolute Gasteiger partial charge is 0.251 e. The highest BCUT2D eigenvalue weighted by molar-refractivity contribution is 14.0. The molecule has 26 heavy (non-hydrogen) atoms. The minimum absolute atomic E-state index is 0. The number of halogens is 1. The van der Waals surface area contributed by atoms with Crippen molar-refractivity contribution >= 4 is 35.8 Å². The largest absolute Gasteiger partial charge is 0.357 e. The van der Waals surface area contributed by atoms with Crippen molar-refractivity contribution in [3.8, 4) is 0 Å². The number of nitrogens with zero attached hydrogens (tertiary/aromatic N) is 1. The summed E-state index contributed by atoms with van der Waals surface area (Å²) in [6.07, 6.45) is 8.58. The highest BCUT2D eigenvalue weighted by atomic mass is 127. The molecule has 1 aliphatic rings. The van der Waals surface area contributed by atoms with Gasteiger partial charge < -0.3 is 16.0 Å². The van der Waals surface area contributed by atoms with Crippen molar-refractivity contribution < 1.29 is 4.79 Å². The minimum atomic E-state index is -0.00719. The first kappa shape index (κ1) is 22.5. The molecule has 0 spiro atoms. The van der Waals surface area contributed by atoms with Gasteiger partial charge in [-0.25, -0.2) is 4.99 Å². The Morgan fingerprint density at radius 2 is 1.81 bits per heavy atom. The molecule has 5 nitrogen and oxygen atoms in total. The molecule has 3 N–H and O–H groups in total. The lowest BCUT2D eigenvalue weighted by molar-refractivity contribution is 0.0953. The van der Waals surface area contributed by atoms with Crippen LogP contribution in [0.1, 0.15) is 55.5 Å². The van der Waals surface area contributed by atoms with Crippen LogP contribution in [0.4, 0.5) is 0 Å². The van der Waals surface area contributed by atoms with Crippen LogP contribution in [-0.2, 0) is 6.54 Å². The lowest BCUT2D eigenvalue weighted by Crippen LogP contribution is -2.42. The van der Waals surface area contributed by atoms with E-state index < -0.39 is 0 Å². The van der Waals surface area contributed by atoms with Crippen molar-refractivity contribution in [1.29, 1.82) is 0 Å². The number of hydrogen-bond donors (Lipinski definition) is 3. The van der Waals surface area contributed by atoms with E-state index in [1.165, 1.54) is 0 Å². The molecule has 0 aromatic heterocycles. The van der Waals surface area contributed by atoms with Crippen molar-refractivity contribution in [2.24, 2.45) is 4.99 Å². The normalized spacial score (nSPS) is 14.0. The van der Waals surface area contributed by atoms with E-state index in [1.54, 1.807) is 0 Å². The van der Waals surface area contributed by atoms with Crippen LogP contribution in [0.15, 0.2) is 41.4 Å². The van der Waals surface area contributed by atoms with Crippen LogP contribution in [0, 0.1) is 0 Å². The number of amides is 1. The second kappa shape index (κ2) is 12.7. The topological polar surface area (TPSA) is 65.5 Å². The van der Waals surface area contributed by atoms with Crippen LogP contribution in [0.5, 0.6) is 0 Å². The number of carbonyl (C=O) groups excluding carboxylic acids is 1. The van der Waals surface area contributed by atoms with E-state index in [2.05, 4.69) is 46.9 Å². The monoisotopic (exact) mass is 470 g/mol. The Bertz CT molecular complexity index is 590. The Labute approximate surface area is 174 Å². The van der Waals surface area contributed by atoms with E-state index in [0.29, 0.717) is 18.2 Å². The van der Waals surface area contributed by atoms with Crippen LogP contribution < -0.4 is 16.0 Å². The molecule has 0 bridgehead atoms. The Balaban J connectivity index is 0.00000338. The molecule has 0 atom stereocenters. The molecule has 0 heterocycles. The van der Waals surface area contributed by atoms with E-state index in [9.17, 15) is 4.79 Å². The molecule has 0 saturated carbocycles. The lowest BCUT2D eigenvalue weighted by Gasteiger charge is -2.16. The molecular weight excluding hydrogens is 439 g/mol. The zero-order valence-corrected chi connectivity index (χ0v) is 18.1. The molecule has 1 amide bonds. The zero-order chi connectivity index (χ0) is 17.9. The third kappa shape index (κ3) is 7.76. The summed E-state index contributed by atoms with van der Waals surface area (Å²) in [4.78, 5) is 16.7. The Kier molecular flexibility index (Phi) is 11.0. The van der Waals surface area contributed by atoms with Crippen molar-refractivity contribution in [3.05, 3.63) is 47.5 Å². The fourth-order valence-corrected chi connectivity index (χ4v) is 2.66. The van der Waals surface area contributed by atoms with Gasteiger partial charge in [0.25, 0.3) is 5.91 Å². The van der Waals surface area contributed by atoms with Crippen LogP contribution in [0.3, 0.4) is 0 Å². The Morgan fingerprint density at radius 1 is 1.12 bits per heavy atom. The van der Waals surface area contributed by atoms with Crippen molar-refractivity contribution in [1.82, 2.24) is 16.0 Å². The van der Waals surface area contributed by atoms with Crippen LogP contribution in [-0.4, -0.2) is 31.0 Å². The molecule has 1 aromatic rings. The van der Waals surface area contributed by atoms with Gasteiger partial charge in [-0.3, -0.25) is 4.79 Å². The van der Waals surface area contributed by atoms with Gasteiger partial charge in [0.15, 0.2) is 5.96 Å². The molecule has 0 aliphatic heterocycles. The summed E-state index contributed by atoms with van der Waals surface area (Å²) in [6.45, 7) is 6.34. The molecule has 0 radical (unpaired) electrons. The summed E-state index contributed by atoms with van der Waals surface area (Å²) in [7, 11) is 0. The highest BCUT2D eigenvalue weighted by Crippen LogP contribution is 2.09. The van der Waals surface area contributed by atoms with Gasteiger partial charge in [-0.2, -0.15) is 0 Å². The SMILES string of the molecule is CCCCNC(=O)c1ccc(CN=C(NCC)NC2CC=CC2)cc1.I. The van der Waals surface area contributed by atoms with Gasteiger partial charge in [-0.05, 0) is 43.9 Å². The van der Waals surface area contributed by atoms with Gasteiger partial charge in [0, 0.05) is 24.7 Å². The first-order valence-corrected chi connectivity index (χ1v) is 9.30. The van der Waals surface area contributed by atoms with E-state index in [-0.39, 0.29) is 29.9 Å². The van der Waals surface area contributed by atoms with Gasteiger partial charge in [-0.15, -0.1) is 24.0 Å². The third-order valence-electron chi connectivity index (χ3n) is 4.14. The molecule has 0 fully saturated rings. The molecule has 2 rings (SSSR count). The summed E-state index contributed by atoms with van der Waals surface area (Å²) >= 11 is 0. The van der Waals surface area contributed by atoms with Gasteiger partial charge in [0.2, 0.25) is 0 Å². The van der Waals surface area contributed by atoms with Crippen molar-refractivity contribution in [3.63, 3.8) is 0 Å². The fourth-order valence-electron chi connectivity index (χ4n) is 2.66. The van der Waals surface area contributed by atoms with Crippen molar-refractivity contribution in [2.75, 3.05) is 13.1 Å². The number of carbonyl (C=O) groups is 1. The number of rotatable bonds is 8. The lowest BCUT2D eigenvalue weighted by atomic mass is 10.1. The molecule has 144 valence electrons. The summed E-state index contributed by atoms with van der Waals surface area (Å²) in [5.41, 5.74) is 1.79. The molecular formula is C20H31IN4O. The quantitative estimate of drug-likeness (QED) is 0.179. The Hall–Kier alpha value is -1.57. The van der Waals surface area contributed by atoms with Gasteiger partial charge in [0.1, 0.15) is 0 Å². The maximum absolute atomic E-state index is 12.0. The maximum Gasteiger partial charge on any atom is 0.251 e. The second-order valence-electron chi connectivity index (χ2n) is 6.29. The number of unbranched alkanes of at least 4 members (excludes halogenated alkanes) is 1.